The van der Waals surface area contributed by atoms with Gasteiger partial charge in [-0.15, -0.1) is 0 Å². The van der Waals surface area contributed by atoms with Crippen LogP contribution in [-0.4, -0.2) is 44.3 Å². The summed E-state index contributed by atoms with van der Waals surface area (Å²) in [5.41, 5.74) is -1.17. The van der Waals surface area contributed by atoms with Crippen LogP contribution < -0.4 is 0 Å². The van der Waals surface area contributed by atoms with E-state index in [4.69, 9.17) is 20.4 Å². The Balaban J connectivity index is 0. The zero-order valence-electron chi connectivity index (χ0n) is 7.78. The highest BCUT2D eigenvalue weighted by Gasteiger charge is 2.16. The van der Waals surface area contributed by atoms with Gasteiger partial charge in [0.15, 0.2) is 5.57 Å². The molecule has 0 aromatic rings. The summed E-state index contributed by atoms with van der Waals surface area (Å²) in [5, 5.41) is 31.7. The summed E-state index contributed by atoms with van der Waals surface area (Å²) in [6.07, 6.45) is 0.949. The minimum atomic E-state index is -1.78. The van der Waals surface area contributed by atoms with E-state index in [9.17, 15) is 19.2 Å². The Morgan fingerprint density at radius 1 is 0.812 bits per heavy atom. The first-order valence-electron chi connectivity index (χ1n) is 3.49. The second kappa shape index (κ2) is 7.74. The van der Waals surface area contributed by atoms with Gasteiger partial charge in [-0.1, -0.05) is 6.58 Å². The third-order valence-electron chi connectivity index (χ3n) is 0.903. The van der Waals surface area contributed by atoms with Gasteiger partial charge in [-0.25, -0.2) is 19.2 Å². The molecule has 8 heteroatoms. The summed E-state index contributed by atoms with van der Waals surface area (Å²) in [6, 6.07) is 0. The molecule has 0 amide bonds. The van der Waals surface area contributed by atoms with Gasteiger partial charge in [0, 0.05) is 12.2 Å². The molecule has 0 heterocycles. The molecule has 0 saturated heterocycles. The number of aliphatic carboxylic acids is 4. The van der Waals surface area contributed by atoms with Crippen molar-refractivity contribution in [3.05, 3.63) is 24.3 Å². The van der Waals surface area contributed by atoms with Crippen LogP contribution in [0.25, 0.3) is 0 Å². The van der Waals surface area contributed by atoms with Gasteiger partial charge in [0.1, 0.15) is 0 Å². The number of carboxylic acids is 4. The largest absolute Gasteiger partial charge is 0.478 e. The van der Waals surface area contributed by atoms with E-state index in [1.807, 2.05) is 0 Å². The Morgan fingerprint density at radius 3 is 1.19 bits per heavy atom. The minimum Gasteiger partial charge on any atom is -0.478 e. The van der Waals surface area contributed by atoms with Gasteiger partial charge in [0.25, 0.3) is 0 Å². The molecule has 16 heavy (non-hydrogen) atoms. The van der Waals surface area contributed by atoms with Crippen molar-refractivity contribution in [3.8, 4) is 0 Å². The zero-order chi connectivity index (χ0) is 13.3. The fraction of sp³-hybridized carbons (Fsp3) is 0. The lowest BCUT2D eigenvalue weighted by Gasteiger charge is -1.90. The van der Waals surface area contributed by atoms with Gasteiger partial charge in [0.05, 0.1) is 0 Å². The zero-order valence-corrected chi connectivity index (χ0v) is 7.78. The van der Waals surface area contributed by atoms with Crippen LogP contribution in [0.2, 0.25) is 0 Å². The van der Waals surface area contributed by atoms with E-state index < -0.39 is 29.5 Å². The van der Waals surface area contributed by atoms with Crippen molar-refractivity contribution in [3.63, 3.8) is 0 Å². The first-order chi connectivity index (χ1) is 7.22. The first-order valence-corrected chi connectivity index (χ1v) is 3.49. The molecule has 0 unspecified atom stereocenters. The Labute approximate surface area is 88.7 Å². The molecule has 8 nitrogen and oxygen atoms in total. The van der Waals surface area contributed by atoms with E-state index in [1.54, 1.807) is 0 Å². The number of hydrogen-bond donors (Lipinski definition) is 4. The fourth-order valence-electron chi connectivity index (χ4n) is 0.338. The second-order valence-corrected chi connectivity index (χ2v) is 2.05. The predicted octanol–water partition coefficient (Wildman–Crippen LogP) is -0.576. The molecule has 4 N–H and O–H groups in total. The lowest BCUT2D eigenvalue weighted by Crippen LogP contribution is -2.12. The lowest BCUT2D eigenvalue weighted by atomic mass is 10.2. The van der Waals surface area contributed by atoms with E-state index in [0.717, 1.165) is 6.08 Å². The van der Waals surface area contributed by atoms with Crippen molar-refractivity contribution in [2.24, 2.45) is 0 Å². The third-order valence-corrected chi connectivity index (χ3v) is 0.903. The van der Waals surface area contributed by atoms with E-state index >= 15 is 0 Å². The van der Waals surface area contributed by atoms with E-state index in [0.29, 0.717) is 0 Å². The van der Waals surface area contributed by atoms with Crippen LogP contribution in [0.5, 0.6) is 0 Å². The first kappa shape index (κ1) is 15.8. The number of carboxylic acid groups (broad SMARTS) is 4. The Hall–Kier alpha value is -2.64. The standard InChI is InChI=1S/C5H4O6.C3H4O2/c6-3(7)1-2(4(8)9)5(10)11;1-2-3(4)5/h1H,(H,6,7)(H,8,9)(H,10,11);2H,1H2,(H,4,5). The van der Waals surface area contributed by atoms with Crippen molar-refractivity contribution in [1.82, 2.24) is 0 Å². The van der Waals surface area contributed by atoms with E-state index in [2.05, 4.69) is 6.58 Å². The van der Waals surface area contributed by atoms with Crippen LogP contribution >= 0.6 is 0 Å². The van der Waals surface area contributed by atoms with Crippen LogP contribution in [0.4, 0.5) is 0 Å². The van der Waals surface area contributed by atoms with Crippen LogP contribution in [0.3, 0.4) is 0 Å². The predicted molar refractivity (Wildman–Crippen MR) is 48.8 cm³/mol. The van der Waals surface area contributed by atoms with Crippen LogP contribution in [0.1, 0.15) is 0 Å². The normalized spacial score (nSPS) is 7.75. The summed E-state index contributed by atoms with van der Waals surface area (Å²) in [5.74, 6) is -6.14. The second-order valence-electron chi connectivity index (χ2n) is 2.05. The van der Waals surface area contributed by atoms with Crippen molar-refractivity contribution >= 4 is 23.9 Å². The lowest BCUT2D eigenvalue weighted by molar-refractivity contribution is -0.141. The summed E-state index contributed by atoms with van der Waals surface area (Å²) in [7, 11) is 0. The van der Waals surface area contributed by atoms with E-state index in [1.165, 1.54) is 0 Å². The van der Waals surface area contributed by atoms with E-state index in [-0.39, 0.29) is 6.08 Å². The topological polar surface area (TPSA) is 149 Å². The molecular formula is C8H8O8. The highest BCUT2D eigenvalue weighted by Crippen LogP contribution is 1.93. The molecule has 0 aromatic carbocycles. The van der Waals surface area contributed by atoms with Gasteiger partial charge < -0.3 is 20.4 Å². The summed E-state index contributed by atoms with van der Waals surface area (Å²) in [4.78, 5) is 39.0. The average Bonchev–Trinajstić information content (AvgIpc) is 2.14. The Bertz CT molecular complexity index is 335. The Morgan fingerprint density at radius 2 is 1.12 bits per heavy atom. The average molecular weight is 232 g/mol. The highest BCUT2D eigenvalue weighted by atomic mass is 16.4. The van der Waals surface area contributed by atoms with Gasteiger partial charge in [-0.05, 0) is 0 Å². The summed E-state index contributed by atoms with van der Waals surface area (Å²) in [6.45, 7) is 2.96. The smallest absolute Gasteiger partial charge is 0.343 e. The molecule has 0 aromatic heterocycles. The van der Waals surface area contributed by atoms with Crippen LogP contribution in [0, 0.1) is 0 Å². The summed E-state index contributed by atoms with van der Waals surface area (Å²) >= 11 is 0. The van der Waals surface area contributed by atoms with Crippen molar-refractivity contribution < 1.29 is 39.6 Å². The van der Waals surface area contributed by atoms with Crippen molar-refractivity contribution in [2.75, 3.05) is 0 Å². The molecule has 0 aliphatic heterocycles. The van der Waals surface area contributed by atoms with Crippen LogP contribution in [-0.2, 0) is 19.2 Å². The maximum absolute atomic E-state index is 9.96. The van der Waals surface area contributed by atoms with Crippen molar-refractivity contribution in [1.29, 1.82) is 0 Å². The quantitative estimate of drug-likeness (QED) is 0.285. The van der Waals surface area contributed by atoms with Gasteiger partial charge in [-0.3, -0.25) is 0 Å². The molecule has 88 valence electrons. The number of carbonyl (C=O) groups is 4. The van der Waals surface area contributed by atoms with Crippen molar-refractivity contribution in [2.45, 2.75) is 0 Å². The SMILES string of the molecule is C=CC(=O)O.O=C(O)C=C(C(=O)O)C(=O)O. The molecule has 0 bridgehead atoms. The minimum absolute atomic E-state index is 0.116. The number of hydrogen-bond acceptors (Lipinski definition) is 4. The van der Waals surface area contributed by atoms with Crippen LogP contribution in [0.15, 0.2) is 24.3 Å². The van der Waals surface area contributed by atoms with Gasteiger partial charge in [-0.2, -0.15) is 0 Å². The number of rotatable bonds is 4. The third kappa shape index (κ3) is 9.45. The molecule has 0 spiro atoms. The highest BCUT2D eigenvalue weighted by molar-refractivity contribution is 6.15. The Kier molecular flexibility index (Phi) is 7.65. The summed E-state index contributed by atoms with van der Waals surface area (Å²) < 4.78 is 0. The van der Waals surface area contributed by atoms with Gasteiger partial charge >= 0.3 is 23.9 Å². The molecule has 0 aliphatic carbocycles. The molecule has 0 radical (unpaired) electrons. The fourth-order valence-corrected chi connectivity index (χ4v) is 0.338. The maximum atomic E-state index is 9.96. The molecule has 0 aliphatic rings. The molecule has 0 fully saturated rings. The molecule has 0 atom stereocenters. The van der Waals surface area contributed by atoms with Gasteiger partial charge in [0.2, 0.25) is 0 Å². The molecular weight excluding hydrogens is 224 g/mol. The maximum Gasteiger partial charge on any atom is 0.343 e. The monoisotopic (exact) mass is 232 g/mol. The molecule has 0 rings (SSSR count). The molecule has 0 saturated carbocycles.